The van der Waals surface area contributed by atoms with Gasteiger partial charge in [-0.1, -0.05) is 0 Å². The van der Waals surface area contributed by atoms with Crippen LogP contribution in [-0.4, -0.2) is 55.7 Å². The summed E-state index contributed by atoms with van der Waals surface area (Å²) < 4.78 is 67.6. The van der Waals surface area contributed by atoms with Crippen molar-refractivity contribution < 1.29 is 26.3 Å². The molecule has 0 saturated carbocycles. The fourth-order valence-corrected chi connectivity index (χ4v) is 4.48. The third kappa shape index (κ3) is 3.98. The van der Waals surface area contributed by atoms with Gasteiger partial charge < -0.3 is 10.1 Å². The SMILES string of the molecule is O=S(=O)(c1ccc(OCC(F)(F)F)nc1)N1CCC2CCC(C1)N2. The second-order valence-corrected chi connectivity index (χ2v) is 7.96. The predicted molar refractivity (Wildman–Crippen MR) is 79.1 cm³/mol. The average Bonchev–Trinajstić information content (AvgIpc) is 2.83. The van der Waals surface area contributed by atoms with Crippen LogP contribution in [0.3, 0.4) is 0 Å². The van der Waals surface area contributed by atoms with E-state index in [2.05, 4.69) is 15.0 Å². The fraction of sp³-hybridized carbons (Fsp3) is 0.643. The first-order valence-electron chi connectivity index (χ1n) is 7.66. The van der Waals surface area contributed by atoms with E-state index in [0.29, 0.717) is 19.1 Å². The van der Waals surface area contributed by atoms with E-state index in [4.69, 9.17) is 0 Å². The van der Waals surface area contributed by atoms with Crippen molar-refractivity contribution >= 4 is 10.0 Å². The first-order chi connectivity index (χ1) is 11.2. The molecule has 6 nitrogen and oxygen atoms in total. The Hall–Kier alpha value is -1.39. The van der Waals surface area contributed by atoms with Crippen molar-refractivity contribution in [2.75, 3.05) is 19.7 Å². The van der Waals surface area contributed by atoms with E-state index in [1.807, 2.05) is 0 Å². The topological polar surface area (TPSA) is 71.5 Å². The summed E-state index contributed by atoms with van der Waals surface area (Å²) in [4.78, 5) is 3.63. The number of fused-ring (bicyclic) bond motifs is 2. The molecule has 2 bridgehead atoms. The van der Waals surface area contributed by atoms with Gasteiger partial charge in [0.2, 0.25) is 15.9 Å². The molecule has 10 heteroatoms. The maximum atomic E-state index is 12.7. The number of sulfonamides is 1. The molecule has 0 aliphatic carbocycles. The van der Waals surface area contributed by atoms with Gasteiger partial charge in [0.15, 0.2) is 6.61 Å². The number of aromatic nitrogens is 1. The highest BCUT2D eigenvalue weighted by atomic mass is 32.2. The molecule has 3 rings (SSSR count). The van der Waals surface area contributed by atoms with Crippen LogP contribution in [0.2, 0.25) is 0 Å². The third-order valence-corrected chi connectivity index (χ3v) is 6.07. The molecule has 134 valence electrons. The number of hydrogen-bond donors (Lipinski definition) is 1. The van der Waals surface area contributed by atoms with E-state index in [1.54, 1.807) is 0 Å². The maximum absolute atomic E-state index is 12.7. The first kappa shape index (κ1) is 17.4. The van der Waals surface area contributed by atoms with Crippen molar-refractivity contribution in [3.05, 3.63) is 18.3 Å². The van der Waals surface area contributed by atoms with E-state index >= 15 is 0 Å². The van der Waals surface area contributed by atoms with Gasteiger partial charge in [0.25, 0.3) is 0 Å². The van der Waals surface area contributed by atoms with E-state index in [1.165, 1.54) is 10.4 Å². The summed E-state index contributed by atoms with van der Waals surface area (Å²) in [7, 11) is -3.71. The number of nitrogens with zero attached hydrogens (tertiary/aromatic N) is 2. The molecule has 2 saturated heterocycles. The number of ether oxygens (including phenoxy) is 1. The number of alkyl halides is 3. The van der Waals surface area contributed by atoms with Gasteiger partial charge in [0.05, 0.1) is 6.20 Å². The van der Waals surface area contributed by atoms with Crippen LogP contribution < -0.4 is 10.1 Å². The van der Waals surface area contributed by atoms with Gasteiger partial charge in [-0.3, -0.25) is 0 Å². The molecule has 2 unspecified atom stereocenters. The van der Waals surface area contributed by atoms with Crippen LogP contribution >= 0.6 is 0 Å². The fourth-order valence-electron chi connectivity index (χ4n) is 3.04. The number of hydrogen-bond acceptors (Lipinski definition) is 5. The summed E-state index contributed by atoms with van der Waals surface area (Å²) in [6.07, 6.45) is -0.678. The number of halogens is 3. The molecule has 0 radical (unpaired) electrons. The lowest BCUT2D eigenvalue weighted by atomic mass is 10.1. The van der Waals surface area contributed by atoms with Crippen molar-refractivity contribution in [1.82, 2.24) is 14.6 Å². The second kappa shape index (κ2) is 6.49. The van der Waals surface area contributed by atoms with Crippen molar-refractivity contribution in [2.24, 2.45) is 0 Å². The van der Waals surface area contributed by atoms with Crippen LogP contribution in [0, 0.1) is 0 Å². The first-order valence-corrected chi connectivity index (χ1v) is 9.10. The van der Waals surface area contributed by atoms with Crippen LogP contribution in [-0.2, 0) is 10.0 Å². The molecule has 2 aliphatic rings. The number of rotatable bonds is 4. The van der Waals surface area contributed by atoms with Gasteiger partial charge >= 0.3 is 6.18 Å². The van der Waals surface area contributed by atoms with Crippen molar-refractivity contribution in [3.8, 4) is 5.88 Å². The molecule has 0 amide bonds. The summed E-state index contributed by atoms with van der Waals surface area (Å²) in [6.45, 7) is -0.652. The number of nitrogens with one attached hydrogen (secondary N) is 1. The maximum Gasteiger partial charge on any atom is 0.422 e. The van der Waals surface area contributed by atoms with Crippen molar-refractivity contribution in [2.45, 2.75) is 42.4 Å². The third-order valence-electron chi connectivity index (χ3n) is 4.22. The standard InChI is InChI=1S/C14H18F3N3O3S/c15-14(16,17)9-23-13-4-3-12(7-18-13)24(21,22)20-6-5-10-1-2-11(8-20)19-10/h3-4,7,10-11,19H,1-2,5-6,8-9H2. The lowest BCUT2D eigenvalue weighted by Gasteiger charge is -2.23. The molecule has 24 heavy (non-hydrogen) atoms. The van der Waals surface area contributed by atoms with E-state index in [-0.39, 0.29) is 16.8 Å². The Morgan fingerprint density at radius 2 is 2.00 bits per heavy atom. The van der Waals surface area contributed by atoms with Gasteiger partial charge in [-0.25, -0.2) is 13.4 Å². The molecule has 1 aromatic heterocycles. The molecular formula is C14H18F3N3O3S. The van der Waals surface area contributed by atoms with Gasteiger partial charge in [-0.2, -0.15) is 17.5 Å². The van der Waals surface area contributed by atoms with Crippen LogP contribution in [0.1, 0.15) is 19.3 Å². The molecular weight excluding hydrogens is 347 g/mol. The van der Waals surface area contributed by atoms with Crippen LogP contribution in [0.25, 0.3) is 0 Å². The van der Waals surface area contributed by atoms with Crippen LogP contribution in [0.15, 0.2) is 23.2 Å². The largest absolute Gasteiger partial charge is 0.468 e. The summed E-state index contributed by atoms with van der Waals surface area (Å²) in [5, 5.41) is 3.40. The minimum atomic E-state index is -4.47. The molecule has 0 aromatic carbocycles. The molecule has 0 spiro atoms. The van der Waals surface area contributed by atoms with E-state index in [0.717, 1.165) is 31.5 Å². The summed E-state index contributed by atoms with van der Waals surface area (Å²) in [6, 6.07) is 2.87. The monoisotopic (exact) mass is 365 g/mol. The van der Waals surface area contributed by atoms with Gasteiger partial charge in [-0.05, 0) is 25.3 Å². The van der Waals surface area contributed by atoms with E-state index in [9.17, 15) is 21.6 Å². The quantitative estimate of drug-likeness (QED) is 0.876. The van der Waals surface area contributed by atoms with Gasteiger partial charge in [0, 0.05) is 31.2 Å². The zero-order chi connectivity index (χ0) is 17.4. The Morgan fingerprint density at radius 3 is 2.67 bits per heavy atom. The molecule has 2 aliphatic heterocycles. The lowest BCUT2D eigenvalue weighted by molar-refractivity contribution is -0.154. The zero-order valence-electron chi connectivity index (χ0n) is 12.8. The predicted octanol–water partition coefficient (Wildman–Crippen LogP) is 1.54. The summed E-state index contributed by atoms with van der Waals surface area (Å²) >= 11 is 0. The molecule has 3 heterocycles. The smallest absolute Gasteiger partial charge is 0.422 e. The Balaban J connectivity index is 1.70. The zero-order valence-corrected chi connectivity index (χ0v) is 13.6. The van der Waals surface area contributed by atoms with E-state index < -0.39 is 22.8 Å². The Labute approximate surface area is 138 Å². The Bertz CT molecular complexity index is 679. The van der Waals surface area contributed by atoms with Crippen molar-refractivity contribution in [3.63, 3.8) is 0 Å². The number of pyridine rings is 1. The minimum absolute atomic E-state index is 0.0420. The minimum Gasteiger partial charge on any atom is -0.468 e. The Morgan fingerprint density at radius 1 is 1.25 bits per heavy atom. The molecule has 1 N–H and O–H groups in total. The highest BCUT2D eigenvalue weighted by Gasteiger charge is 2.35. The average molecular weight is 365 g/mol. The molecule has 1 aromatic rings. The van der Waals surface area contributed by atoms with Crippen LogP contribution in [0.4, 0.5) is 13.2 Å². The van der Waals surface area contributed by atoms with Crippen molar-refractivity contribution in [1.29, 1.82) is 0 Å². The summed E-state index contributed by atoms with van der Waals surface area (Å²) in [5.41, 5.74) is 0. The highest BCUT2D eigenvalue weighted by Crippen LogP contribution is 2.25. The normalized spacial score (nSPS) is 25.5. The Kier molecular flexibility index (Phi) is 4.71. The lowest BCUT2D eigenvalue weighted by Crippen LogP contribution is -2.39. The summed E-state index contributed by atoms with van der Waals surface area (Å²) in [5.74, 6) is -0.261. The molecule has 2 fully saturated rings. The van der Waals surface area contributed by atoms with Gasteiger partial charge in [-0.15, -0.1) is 0 Å². The molecule has 2 atom stereocenters. The van der Waals surface area contributed by atoms with Crippen LogP contribution in [0.5, 0.6) is 5.88 Å². The highest BCUT2D eigenvalue weighted by molar-refractivity contribution is 7.89. The van der Waals surface area contributed by atoms with Gasteiger partial charge in [0.1, 0.15) is 4.90 Å². The second-order valence-electron chi connectivity index (χ2n) is 6.03.